The van der Waals surface area contributed by atoms with E-state index in [0.29, 0.717) is 5.69 Å². The molecule has 1 aliphatic rings. The Morgan fingerprint density at radius 2 is 1.65 bits per heavy atom. The van der Waals surface area contributed by atoms with Gasteiger partial charge in [0.25, 0.3) is 11.6 Å². The highest BCUT2D eigenvalue weighted by molar-refractivity contribution is 6.07. The molecule has 0 aromatic heterocycles. The largest absolute Gasteiger partial charge is 0.493 e. The van der Waals surface area contributed by atoms with Crippen LogP contribution in [0, 0.1) is 10.1 Å². The number of methoxy groups -OCH3 is 2. The number of hydrogen-bond donors (Lipinski definition) is 1. The lowest BCUT2D eigenvalue weighted by Gasteiger charge is -2.31. The highest BCUT2D eigenvalue weighted by Gasteiger charge is 2.22. The number of nitro groups is 1. The molecule has 1 heterocycles. The number of hydrogen-bond acceptors (Lipinski definition) is 6. The maximum absolute atomic E-state index is 12.6. The normalized spacial score (nSPS) is 13.4. The molecule has 0 spiro atoms. The molecule has 1 aliphatic heterocycles. The molecule has 1 atom stereocenters. The molecule has 196 valence electrons. The van der Waals surface area contributed by atoms with E-state index >= 15 is 0 Å². The molecule has 4 rings (SSSR count). The van der Waals surface area contributed by atoms with E-state index in [1.807, 2.05) is 38.1 Å². The van der Waals surface area contributed by atoms with Crippen molar-refractivity contribution in [2.45, 2.75) is 39.7 Å². The lowest BCUT2D eigenvalue weighted by molar-refractivity contribution is -0.385. The number of fused-ring (bicyclic) bond motifs is 1. The van der Waals surface area contributed by atoms with E-state index in [4.69, 9.17) is 9.47 Å². The summed E-state index contributed by atoms with van der Waals surface area (Å²) < 4.78 is 10.9. The third-order valence-electron chi connectivity index (χ3n) is 6.41. The Kier molecular flexibility index (Phi) is 9.63. The predicted octanol–water partition coefficient (Wildman–Crippen LogP) is 6.05. The number of rotatable bonds is 8. The quantitative estimate of drug-likeness (QED) is 0.296. The van der Waals surface area contributed by atoms with Crippen LogP contribution in [0.5, 0.6) is 11.5 Å². The fourth-order valence-corrected chi connectivity index (χ4v) is 4.51. The maximum atomic E-state index is 12.6. The first-order valence-corrected chi connectivity index (χ1v) is 12.5. The van der Waals surface area contributed by atoms with Crippen molar-refractivity contribution in [3.8, 4) is 11.5 Å². The van der Waals surface area contributed by atoms with Gasteiger partial charge < -0.3 is 14.8 Å². The average molecular weight is 506 g/mol. The summed E-state index contributed by atoms with van der Waals surface area (Å²) in [6.07, 6.45) is 0.957. The van der Waals surface area contributed by atoms with E-state index in [1.165, 1.54) is 23.3 Å². The standard InChI is InChI=1S/C27H29N3O5.C2H6/c1-18(16-29-13-12-20-14-25(34-2)26(35-3)15-21(20)17-29)19-8-10-22(11-9-19)28-27(31)23-6-4-5-7-24(23)30(32)33;1-2/h4-11,14-15,18H,12-13,16-17H2,1-3H3,(H,28,31);1-2H3. The van der Waals surface area contributed by atoms with E-state index in [0.717, 1.165) is 43.1 Å². The summed E-state index contributed by atoms with van der Waals surface area (Å²) in [4.78, 5) is 25.7. The number of ether oxygens (including phenoxy) is 2. The predicted molar refractivity (Wildman–Crippen MR) is 146 cm³/mol. The molecule has 0 aliphatic carbocycles. The molecule has 0 radical (unpaired) electrons. The average Bonchev–Trinajstić information content (AvgIpc) is 2.93. The minimum atomic E-state index is -0.550. The Hall–Kier alpha value is -3.91. The van der Waals surface area contributed by atoms with Crippen LogP contribution in [0.3, 0.4) is 0 Å². The summed E-state index contributed by atoms with van der Waals surface area (Å²) in [6, 6.07) is 17.7. The summed E-state index contributed by atoms with van der Waals surface area (Å²) >= 11 is 0. The van der Waals surface area contributed by atoms with Crippen LogP contribution in [0.15, 0.2) is 60.7 Å². The highest BCUT2D eigenvalue weighted by atomic mass is 16.6. The molecule has 37 heavy (non-hydrogen) atoms. The highest BCUT2D eigenvalue weighted by Crippen LogP contribution is 2.34. The van der Waals surface area contributed by atoms with Gasteiger partial charge >= 0.3 is 0 Å². The van der Waals surface area contributed by atoms with Gasteiger partial charge in [0.2, 0.25) is 0 Å². The third kappa shape index (κ3) is 6.65. The minimum Gasteiger partial charge on any atom is -0.493 e. The van der Waals surface area contributed by atoms with Crippen LogP contribution in [0.4, 0.5) is 11.4 Å². The third-order valence-corrected chi connectivity index (χ3v) is 6.41. The molecule has 3 aromatic rings. The first-order chi connectivity index (χ1) is 17.9. The fraction of sp³-hybridized carbons (Fsp3) is 0.345. The van der Waals surface area contributed by atoms with Crippen molar-refractivity contribution in [2.24, 2.45) is 0 Å². The molecular weight excluding hydrogens is 470 g/mol. The number of amides is 1. The van der Waals surface area contributed by atoms with Crippen LogP contribution in [0.1, 0.15) is 53.7 Å². The fourth-order valence-electron chi connectivity index (χ4n) is 4.51. The summed E-state index contributed by atoms with van der Waals surface area (Å²) in [5.41, 5.74) is 4.13. The molecule has 0 bridgehead atoms. The zero-order chi connectivity index (χ0) is 26.9. The van der Waals surface area contributed by atoms with Gasteiger partial charge in [-0.25, -0.2) is 0 Å². The van der Waals surface area contributed by atoms with Crippen LogP contribution in [0.2, 0.25) is 0 Å². The van der Waals surface area contributed by atoms with Crippen LogP contribution >= 0.6 is 0 Å². The number of carbonyl (C=O) groups excluding carboxylic acids is 1. The zero-order valence-corrected chi connectivity index (χ0v) is 22.1. The summed E-state index contributed by atoms with van der Waals surface area (Å²) in [6.45, 7) is 8.90. The van der Waals surface area contributed by atoms with E-state index < -0.39 is 10.8 Å². The second kappa shape index (κ2) is 12.9. The lowest BCUT2D eigenvalue weighted by atomic mass is 9.95. The number of nitrogens with zero attached hydrogens (tertiary/aromatic N) is 2. The molecule has 0 fully saturated rings. The number of para-hydroxylation sites is 1. The monoisotopic (exact) mass is 505 g/mol. The smallest absolute Gasteiger partial charge is 0.282 e. The van der Waals surface area contributed by atoms with E-state index in [1.54, 1.807) is 26.4 Å². The van der Waals surface area contributed by atoms with Gasteiger partial charge in [-0.05, 0) is 59.4 Å². The van der Waals surface area contributed by atoms with Crippen LogP contribution in [-0.4, -0.2) is 43.0 Å². The van der Waals surface area contributed by atoms with Gasteiger partial charge in [0.05, 0.1) is 19.1 Å². The van der Waals surface area contributed by atoms with E-state index in [2.05, 4.69) is 29.3 Å². The van der Waals surface area contributed by atoms with Crippen LogP contribution in [0.25, 0.3) is 0 Å². The second-order valence-electron chi connectivity index (χ2n) is 8.71. The molecule has 1 unspecified atom stereocenters. The van der Waals surface area contributed by atoms with Gasteiger partial charge in [-0.15, -0.1) is 0 Å². The summed E-state index contributed by atoms with van der Waals surface area (Å²) in [7, 11) is 3.31. The van der Waals surface area contributed by atoms with Crippen LogP contribution in [-0.2, 0) is 13.0 Å². The van der Waals surface area contributed by atoms with Crippen molar-refractivity contribution in [1.82, 2.24) is 4.90 Å². The Bertz CT molecular complexity index is 1230. The molecule has 1 N–H and O–H groups in total. The van der Waals surface area contributed by atoms with Crippen molar-refractivity contribution < 1.29 is 19.2 Å². The summed E-state index contributed by atoms with van der Waals surface area (Å²) in [5.74, 6) is 1.30. The molecule has 1 amide bonds. The van der Waals surface area contributed by atoms with Gasteiger partial charge in [0.1, 0.15) is 5.56 Å². The topological polar surface area (TPSA) is 93.9 Å². The Labute approximate surface area is 218 Å². The number of carbonyl (C=O) groups is 1. The number of benzene rings is 3. The summed E-state index contributed by atoms with van der Waals surface area (Å²) in [5, 5.41) is 14.0. The first kappa shape index (κ1) is 27.7. The number of nitrogens with one attached hydrogen (secondary N) is 1. The SMILES string of the molecule is CC.COc1cc2c(cc1OC)CN(CC(C)c1ccc(NC(=O)c3ccccc3[N+](=O)[O-])cc1)CC2. The first-order valence-electron chi connectivity index (χ1n) is 12.5. The Balaban J connectivity index is 0.00000186. The van der Waals surface area contributed by atoms with E-state index in [-0.39, 0.29) is 17.2 Å². The molecule has 0 saturated heterocycles. The number of anilines is 1. The van der Waals surface area contributed by atoms with Gasteiger partial charge in [0, 0.05) is 31.4 Å². The van der Waals surface area contributed by atoms with Crippen molar-refractivity contribution in [3.63, 3.8) is 0 Å². The van der Waals surface area contributed by atoms with E-state index in [9.17, 15) is 14.9 Å². The van der Waals surface area contributed by atoms with Crippen molar-refractivity contribution in [1.29, 1.82) is 0 Å². The van der Waals surface area contributed by atoms with Gasteiger partial charge in [0.15, 0.2) is 11.5 Å². The molecule has 8 heteroatoms. The molecule has 8 nitrogen and oxygen atoms in total. The Morgan fingerprint density at radius 1 is 1.03 bits per heavy atom. The van der Waals surface area contributed by atoms with Crippen molar-refractivity contribution >= 4 is 17.3 Å². The maximum Gasteiger partial charge on any atom is 0.282 e. The molecule has 0 saturated carbocycles. The van der Waals surface area contributed by atoms with Crippen molar-refractivity contribution in [2.75, 3.05) is 32.6 Å². The second-order valence-corrected chi connectivity index (χ2v) is 8.71. The molecular formula is C29H35N3O5. The minimum absolute atomic E-state index is 0.0366. The number of nitro benzene ring substituents is 1. The van der Waals surface area contributed by atoms with Gasteiger partial charge in [-0.2, -0.15) is 0 Å². The Morgan fingerprint density at radius 3 is 2.27 bits per heavy atom. The van der Waals surface area contributed by atoms with Gasteiger partial charge in [-0.3, -0.25) is 19.8 Å². The zero-order valence-electron chi connectivity index (χ0n) is 22.1. The van der Waals surface area contributed by atoms with Gasteiger partial charge in [-0.1, -0.05) is 45.0 Å². The lowest BCUT2D eigenvalue weighted by Crippen LogP contribution is -2.33. The molecule has 3 aromatic carbocycles. The van der Waals surface area contributed by atoms with Crippen molar-refractivity contribution in [3.05, 3.63) is 93.0 Å². The van der Waals surface area contributed by atoms with Crippen LogP contribution < -0.4 is 14.8 Å².